The Morgan fingerprint density at radius 2 is 2.24 bits per heavy atom. The third-order valence-electron chi connectivity index (χ3n) is 2.73. The number of nitrogens with one attached hydrogen (secondary N) is 1. The third kappa shape index (κ3) is 2.84. The standard InChI is InChI=1S/C13H15NO3/c1-9(15)14-7-6-10-8-12(16)11-4-2-3-5-13(11)17-10/h2-5,10H,6-8H2,1H3,(H,14,15)/t10-/m0/s1. The topological polar surface area (TPSA) is 55.4 Å². The van der Waals surface area contributed by atoms with E-state index in [1.165, 1.54) is 6.92 Å². The van der Waals surface area contributed by atoms with E-state index in [-0.39, 0.29) is 17.8 Å². The lowest BCUT2D eigenvalue weighted by Gasteiger charge is -2.25. The first-order chi connectivity index (χ1) is 8.16. The molecule has 1 aliphatic heterocycles. The molecule has 0 fully saturated rings. The van der Waals surface area contributed by atoms with E-state index in [2.05, 4.69) is 5.32 Å². The molecule has 1 N–H and O–H groups in total. The zero-order valence-corrected chi connectivity index (χ0v) is 9.73. The van der Waals surface area contributed by atoms with Crippen LogP contribution in [-0.2, 0) is 4.79 Å². The summed E-state index contributed by atoms with van der Waals surface area (Å²) in [5.74, 6) is 0.698. The van der Waals surface area contributed by atoms with Gasteiger partial charge in [-0.1, -0.05) is 12.1 Å². The minimum atomic E-state index is -0.135. The number of Topliss-reactive ketones (excluding diaryl/α,β-unsaturated/α-hetero) is 1. The van der Waals surface area contributed by atoms with Gasteiger partial charge in [0.25, 0.3) is 0 Å². The van der Waals surface area contributed by atoms with Crippen LogP contribution in [0.1, 0.15) is 30.1 Å². The van der Waals surface area contributed by atoms with Gasteiger partial charge in [-0.3, -0.25) is 9.59 Å². The molecule has 17 heavy (non-hydrogen) atoms. The number of hydrogen-bond donors (Lipinski definition) is 1. The molecule has 1 amide bonds. The molecule has 1 aromatic rings. The van der Waals surface area contributed by atoms with Crippen LogP contribution < -0.4 is 10.1 Å². The maximum absolute atomic E-state index is 11.8. The van der Waals surface area contributed by atoms with E-state index < -0.39 is 0 Å². The Morgan fingerprint density at radius 3 is 3.00 bits per heavy atom. The van der Waals surface area contributed by atoms with Crippen molar-refractivity contribution < 1.29 is 14.3 Å². The van der Waals surface area contributed by atoms with Gasteiger partial charge in [0, 0.05) is 26.3 Å². The summed E-state index contributed by atoms with van der Waals surface area (Å²) >= 11 is 0. The highest BCUT2D eigenvalue weighted by atomic mass is 16.5. The van der Waals surface area contributed by atoms with Gasteiger partial charge in [-0.2, -0.15) is 0 Å². The Labute approximate surface area is 100.0 Å². The van der Waals surface area contributed by atoms with E-state index in [1.54, 1.807) is 12.1 Å². The first-order valence-electron chi connectivity index (χ1n) is 5.70. The van der Waals surface area contributed by atoms with E-state index in [1.807, 2.05) is 12.1 Å². The van der Waals surface area contributed by atoms with Crippen molar-refractivity contribution in [3.8, 4) is 5.75 Å². The van der Waals surface area contributed by atoms with Crippen molar-refractivity contribution in [1.29, 1.82) is 0 Å². The van der Waals surface area contributed by atoms with Crippen LogP contribution in [0.15, 0.2) is 24.3 Å². The van der Waals surface area contributed by atoms with Gasteiger partial charge in [0.05, 0.1) is 5.56 Å². The minimum absolute atomic E-state index is 0.0625. The number of hydrogen-bond acceptors (Lipinski definition) is 3. The number of ketones is 1. The molecule has 0 bridgehead atoms. The highest BCUT2D eigenvalue weighted by Crippen LogP contribution is 2.27. The highest BCUT2D eigenvalue weighted by molar-refractivity contribution is 5.99. The van der Waals surface area contributed by atoms with Gasteiger partial charge >= 0.3 is 0 Å². The molecule has 0 aliphatic carbocycles. The van der Waals surface area contributed by atoms with Crippen molar-refractivity contribution in [2.75, 3.05) is 6.54 Å². The van der Waals surface area contributed by atoms with E-state index >= 15 is 0 Å². The van der Waals surface area contributed by atoms with Gasteiger partial charge < -0.3 is 10.1 Å². The molecule has 1 aromatic carbocycles. The summed E-state index contributed by atoms with van der Waals surface area (Å²) in [5.41, 5.74) is 0.656. The van der Waals surface area contributed by atoms with Gasteiger partial charge in [-0.05, 0) is 12.1 Å². The van der Waals surface area contributed by atoms with E-state index in [4.69, 9.17) is 4.74 Å². The molecule has 0 saturated heterocycles. The number of rotatable bonds is 3. The number of carbonyl (C=O) groups excluding carboxylic acids is 2. The first kappa shape index (κ1) is 11.6. The van der Waals surface area contributed by atoms with Gasteiger partial charge in [0.1, 0.15) is 11.9 Å². The Bertz CT molecular complexity index is 442. The molecule has 2 rings (SSSR count). The van der Waals surface area contributed by atoms with Crippen LogP contribution in [-0.4, -0.2) is 24.3 Å². The number of ether oxygens (including phenoxy) is 1. The number of fused-ring (bicyclic) bond motifs is 1. The molecular formula is C13H15NO3. The highest BCUT2D eigenvalue weighted by Gasteiger charge is 2.25. The van der Waals surface area contributed by atoms with Crippen LogP contribution >= 0.6 is 0 Å². The molecule has 0 unspecified atom stereocenters. The Morgan fingerprint density at radius 1 is 1.47 bits per heavy atom. The molecule has 4 heteroatoms. The fourth-order valence-electron chi connectivity index (χ4n) is 1.91. The summed E-state index contributed by atoms with van der Waals surface area (Å²) in [6, 6.07) is 7.26. The molecule has 0 aromatic heterocycles. The molecule has 1 aliphatic rings. The predicted octanol–water partition coefficient (Wildman–Crippen LogP) is 1.55. The maximum atomic E-state index is 11.8. The first-order valence-corrected chi connectivity index (χ1v) is 5.70. The maximum Gasteiger partial charge on any atom is 0.216 e. The Balaban J connectivity index is 1.97. The molecule has 1 heterocycles. The van der Waals surface area contributed by atoms with E-state index in [9.17, 15) is 9.59 Å². The van der Waals surface area contributed by atoms with Gasteiger partial charge in [0.2, 0.25) is 5.91 Å². The summed E-state index contributed by atoms with van der Waals surface area (Å²) in [7, 11) is 0. The van der Waals surface area contributed by atoms with Crippen molar-refractivity contribution in [3.63, 3.8) is 0 Å². The lowest BCUT2D eigenvalue weighted by atomic mass is 9.99. The average Bonchev–Trinajstić information content (AvgIpc) is 2.28. The van der Waals surface area contributed by atoms with Gasteiger partial charge in [-0.25, -0.2) is 0 Å². The molecule has 0 radical (unpaired) electrons. The number of amides is 1. The molecule has 90 valence electrons. The number of para-hydroxylation sites is 1. The fourth-order valence-corrected chi connectivity index (χ4v) is 1.91. The third-order valence-corrected chi connectivity index (χ3v) is 2.73. The second kappa shape index (κ2) is 4.99. The van der Waals surface area contributed by atoms with Crippen LogP contribution in [0, 0.1) is 0 Å². The Kier molecular flexibility index (Phi) is 3.42. The quantitative estimate of drug-likeness (QED) is 0.861. The predicted molar refractivity (Wildman–Crippen MR) is 63.1 cm³/mol. The smallest absolute Gasteiger partial charge is 0.216 e. The van der Waals surface area contributed by atoms with Crippen molar-refractivity contribution >= 4 is 11.7 Å². The second-order valence-electron chi connectivity index (χ2n) is 4.13. The zero-order valence-electron chi connectivity index (χ0n) is 9.73. The van der Waals surface area contributed by atoms with Crippen molar-refractivity contribution in [2.24, 2.45) is 0 Å². The van der Waals surface area contributed by atoms with Gasteiger partial charge in [0.15, 0.2) is 5.78 Å². The molecule has 1 atom stereocenters. The summed E-state index contributed by atoms with van der Waals surface area (Å²) in [6.07, 6.45) is 0.903. The molecular weight excluding hydrogens is 218 g/mol. The van der Waals surface area contributed by atoms with Crippen molar-refractivity contribution in [2.45, 2.75) is 25.9 Å². The fraction of sp³-hybridized carbons (Fsp3) is 0.385. The van der Waals surface area contributed by atoms with E-state index in [0.29, 0.717) is 30.7 Å². The monoisotopic (exact) mass is 233 g/mol. The van der Waals surface area contributed by atoms with E-state index in [0.717, 1.165) is 0 Å². The van der Waals surface area contributed by atoms with Crippen LogP contribution in [0.4, 0.5) is 0 Å². The summed E-state index contributed by atoms with van der Waals surface area (Å²) in [5, 5.41) is 2.70. The summed E-state index contributed by atoms with van der Waals surface area (Å²) < 4.78 is 5.71. The van der Waals surface area contributed by atoms with Crippen LogP contribution in [0.2, 0.25) is 0 Å². The lowest BCUT2D eigenvalue weighted by molar-refractivity contribution is -0.119. The number of carbonyl (C=O) groups is 2. The van der Waals surface area contributed by atoms with Crippen molar-refractivity contribution in [1.82, 2.24) is 5.32 Å². The summed E-state index contributed by atoms with van der Waals surface area (Å²) in [6.45, 7) is 2.01. The van der Waals surface area contributed by atoms with Crippen LogP contribution in [0.5, 0.6) is 5.75 Å². The van der Waals surface area contributed by atoms with Crippen LogP contribution in [0.25, 0.3) is 0 Å². The molecule has 4 nitrogen and oxygen atoms in total. The minimum Gasteiger partial charge on any atom is -0.489 e. The van der Waals surface area contributed by atoms with Crippen molar-refractivity contribution in [3.05, 3.63) is 29.8 Å². The average molecular weight is 233 g/mol. The molecule has 0 spiro atoms. The SMILES string of the molecule is CC(=O)NCC[C@H]1CC(=O)c2ccccc2O1. The summed E-state index contributed by atoms with van der Waals surface area (Å²) in [4.78, 5) is 22.6. The Hall–Kier alpha value is -1.84. The second-order valence-corrected chi connectivity index (χ2v) is 4.13. The van der Waals surface area contributed by atoms with Crippen LogP contribution in [0.3, 0.4) is 0 Å². The molecule has 0 saturated carbocycles. The van der Waals surface area contributed by atoms with Gasteiger partial charge in [-0.15, -0.1) is 0 Å². The normalized spacial score (nSPS) is 18.2. The zero-order chi connectivity index (χ0) is 12.3. The largest absolute Gasteiger partial charge is 0.489 e. The number of benzene rings is 1. The lowest BCUT2D eigenvalue weighted by Crippen LogP contribution is -2.31.